The smallest absolute Gasteiger partial charge is 0.160 e. The highest BCUT2D eigenvalue weighted by atomic mass is 16.3. The number of nitrogens with zero attached hydrogens (tertiary/aromatic N) is 4. The van der Waals surface area contributed by atoms with Crippen LogP contribution in [-0.2, 0) is 0 Å². The maximum absolute atomic E-state index is 6.71. The van der Waals surface area contributed by atoms with Crippen molar-refractivity contribution in [3.63, 3.8) is 0 Å². The Bertz CT molecular complexity index is 3840. The van der Waals surface area contributed by atoms with Gasteiger partial charge in [-0.3, -0.25) is 0 Å². The second-order valence-corrected chi connectivity index (χ2v) is 16.2. The van der Waals surface area contributed by atoms with Gasteiger partial charge in [0.2, 0.25) is 0 Å². The van der Waals surface area contributed by atoms with Crippen LogP contribution in [0.3, 0.4) is 0 Å². The summed E-state index contributed by atoms with van der Waals surface area (Å²) in [5.74, 6) is 0.650. The first-order valence-corrected chi connectivity index (χ1v) is 21.3. The summed E-state index contributed by atoms with van der Waals surface area (Å²) in [5, 5.41) is 6.99. The molecule has 0 saturated carbocycles. The molecule has 5 nitrogen and oxygen atoms in total. The molecule has 4 aromatic heterocycles. The molecule has 0 bridgehead atoms. The van der Waals surface area contributed by atoms with Crippen molar-refractivity contribution in [3.8, 4) is 56.4 Å². The summed E-state index contributed by atoms with van der Waals surface area (Å²) in [6.45, 7) is 0. The van der Waals surface area contributed by atoms with Gasteiger partial charge in [0, 0.05) is 49.3 Å². The molecule has 0 aliphatic carbocycles. The van der Waals surface area contributed by atoms with E-state index >= 15 is 0 Å². The lowest BCUT2D eigenvalue weighted by atomic mass is 10.0. The van der Waals surface area contributed by atoms with Crippen LogP contribution < -0.4 is 0 Å². The fourth-order valence-electron chi connectivity index (χ4n) is 9.64. The van der Waals surface area contributed by atoms with Crippen LogP contribution in [0.4, 0.5) is 0 Å². The fourth-order valence-corrected chi connectivity index (χ4v) is 9.64. The van der Waals surface area contributed by atoms with E-state index in [9.17, 15) is 0 Å². The third-order valence-electron chi connectivity index (χ3n) is 12.5. The van der Waals surface area contributed by atoms with Crippen LogP contribution in [0.1, 0.15) is 0 Å². The summed E-state index contributed by atoms with van der Waals surface area (Å²) in [4.78, 5) is 10.2. The van der Waals surface area contributed by atoms with Crippen molar-refractivity contribution in [2.24, 2.45) is 0 Å². The first kappa shape index (κ1) is 35.2. The average molecular weight is 805 g/mol. The van der Waals surface area contributed by atoms with Gasteiger partial charge in [0.25, 0.3) is 0 Å². The first-order valence-electron chi connectivity index (χ1n) is 21.3. The van der Waals surface area contributed by atoms with Crippen molar-refractivity contribution in [2.45, 2.75) is 0 Å². The van der Waals surface area contributed by atoms with Crippen LogP contribution in [0.25, 0.3) is 122 Å². The molecule has 0 atom stereocenters. The zero-order valence-electron chi connectivity index (χ0n) is 34.0. The second kappa shape index (κ2) is 14.0. The van der Waals surface area contributed by atoms with Crippen LogP contribution >= 0.6 is 0 Å². The van der Waals surface area contributed by atoms with Crippen LogP contribution in [0.15, 0.2) is 223 Å². The number of benzene rings is 9. The summed E-state index contributed by atoms with van der Waals surface area (Å²) in [7, 11) is 0. The summed E-state index contributed by atoms with van der Waals surface area (Å²) in [6, 6.07) is 77.2. The molecule has 5 heteroatoms. The molecule has 0 unspecified atom stereocenters. The van der Waals surface area contributed by atoms with Gasteiger partial charge >= 0.3 is 0 Å². The van der Waals surface area contributed by atoms with Gasteiger partial charge in [0.15, 0.2) is 5.82 Å². The molecule has 4 heterocycles. The Morgan fingerprint density at radius 1 is 0.317 bits per heavy atom. The van der Waals surface area contributed by atoms with Gasteiger partial charge < -0.3 is 13.6 Å². The van der Waals surface area contributed by atoms with Crippen molar-refractivity contribution in [1.82, 2.24) is 19.1 Å². The average Bonchev–Trinajstić information content (AvgIpc) is 4.02. The Morgan fingerprint density at radius 2 is 0.841 bits per heavy atom. The number of para-hydroxylation sites is 3. The van der Waals surface area contributed by atoms with Crippen LogP contribution in [-0.4, -0.2) is 19.1 Å². The largest absolute Gasteiger partial charge is 0.456 e. The van der Waals surface area contributed by atoms with E-state index in [4.69, 9.17) is 14.4 Å². The van der Waals surface area contributed by atoms with Gasteiger partial charge in [-0.1, -0.05) is 140 Å². The minimum atomic E-state index is 0.650. The number of fused-ring (bicyclic) bond motifs is 9. The van der Waals surface area contributed by atoms with Crippen molar-refractivity contribution in [2.75, 3.05) is 0 Å². The number of hydrogen-bond donors (Lipinski definition) is 0. The summed E-state index contributed by atoms with van der Waals surface area (Å²) in [5.41, 5.74) is 15.6. The van der Waals surface area contributed by atoms with E-state index in [0.717, 1.165) is 72.4 Å². The molecule has 294 valence electrons. The Morgan fingerprint density at radius 3 is 1.48 bits per heavy atom. The number of rotatable bonds is 6. The standard InChI is InChI=1S/C58H36N4O/c1-4-15-37(16-5-1)48-36-49(38-17-6-2-7-18-38)60-58(59-48)41-27-30-45-56(35-41)63-55-26-14-25-54(57(45)55)62-51-24-13-11-22-44(51)47-34-40(29-32-53(47)62)39-28-31-52-46(33-39)43-21-10-12-23-50(43)61(52)42-19-8-3-9-20-42/h1-36H. The Balaban J connectivity index is 0.950. The van der Waals surface area contributed by atoms with Crippen molar-refractivity contribution >= 4 is 65.6 Å². The highest BCUT2D eigenvalue weighted by Crippen LogP contribution is 2.42. The van der Waals surface area contributed by atoms with Crippen LogP contribution in [0.2, 0.25) is 0 Å². The quantitative estimate of drug-likeness (QED) is 0.168. The predicted molar refractivity (Wildman–Crippen MR) is 260 cm³/mol. The van der Waals surface area contributed by atoms with Crippen molar-refractivity contribution in [3.05, 3.63) is 218 Å². The molecular formula is C58H36N4O. The van der Waals surface area contributed by atoms with E-state index < -0.39 is 0 Å². The highest BCUT2D eigenvalue weighted by Gasteiger charge is 2.20. The van der Waals surface area contributed by atoms with Gasteiger partial charge in [-0.2, -0.15) is 0 Å². The molecule has 0 N–H and O–H groups in total. The van der Waals surface area contributed by atoms with E-state index in [0.29, 0.717) is 5.82 Å². The highest BCUT2D eigenvalue weighted by molar-refractivity contribution is 6.16. The molecule has 0 saturated heterocycles. The molecule has 0 aliphatic heterocycles. The number of furan rings is 1. The third kappa shape index (κ3) is 5.64. The molecular weight excluding hydrogens is 769 g/mol. The zero-order chi connectivity index (χ0) is 41.4. The maximum Gasteiger partial charge on any atom is 0.160 e. The zero-order valence-corrected chi connectivity index (χ0v) is 34.0. The normalized spacial score (nSPS) is 11.8. The molecule has 13 rings (SSSR count). The molecule has 63 heavy (non-hydrogen) atoms. The molecule has 9 aromatic carbocycles. The van der Waals surface area contributed by atoms with E-state index in [1.165, 1.54) is 43.7 Å². The van der Waals surface area contributed by atoms with Crippen molar-refractivity contribution < 1.29 is 4.42 Å². The van der Waals surface area contributed by atoms with Gasteiger partial charge in [0.1, 0.15) is 11.2 Å². The number of hydrogen-bond acceptors (Lipinski definition) is 3. The maximum atomic E-state index is 6.71. The first-order chi connectivity index (χ1) is 31.2. The minimum Gasteiger partial charge on any atom is -0.456 e. The minimum absolute atomic E-state index is 0.650. The Hall–Kier alpha value is -8.54. The molecule has 0 aliphatic rings. The van der Waals surface area contributed by atoms with Gasteiger partial charge in [-0.05, 0) is 90.0 Å². The lowest BCUT2D eigenvalue weighted by Crippen LogP contribution is -1.96. The topological polar surface area (TPSA) is 48.8 Å². The third-order valence-corrected chi connectivity index (χ3v) is 12.5. The van der Waals surface area contributed by atoms with Crippen LogP contribution in [0, 0.1) is 0 Å². The lowest BCUT2D eigenvalue weighted by molar-refractivity contribution is 0.669. The van der Waals surface area contributed by atoms with E-state index in [-0.39, 0.29) is 0 Å². The SMILES string of the molecule is c1ccc(-c2cc(-c3ccccc3)nc(-c3ccc4c(c3)oc3cccc(-n5c6ccccc6c6cc(-c7ccc8c(c7)c7ccccc7n8-c7ccccc7)ccc65)c34)n2)cc1. The van der Waals surface area contributed by atoms with Gasteiger partial charge in [0.05, 0.1) is 44.5 Å². The van der Waals surface area contributed by atoms with Gasteiger partial charge in [-0.25, -0.2) is 9.97 Å². The Kier molecular flexibility index (Phi) is 7.84. The predicted octanol–water partition coefficient (Wildman–Crippen LogP) is 15.2. The second-order valence-electron chi connectivity index (χ2n) is 16.2. The lowest BCUT2D eigenvalue weighted by Gasteiger charge is -2.11. The molecule has 0 spiro atoms. The van der Waals surface area contributed by atoms with E-state index in [1.807, 2.05) is 36.4 Å². The van der Waals surface area contributed by atoms with Gasteiger partial charge in [-0.15, -0.1) is 0 Å². The molecule has 0 amide bonds. The molecule has 13 aromatic rings. The summed E-state index contributed by atoms with van der Waals surface area (Å²) < 4.78 is 11.5. The number of aromatic nitrogens is 4. The molecule has 0 fully saturated rings. The van der Waals surface area contributed by atoms with Crippen molar-refractivity contribution in [1.29, 1.82) is 0 Å². The summed E-state index contributed by atoms with van der Waals surface area (Å²) >= 11 is 0. The van der Waals surface area contributed by atoms with E-state index in [2.05, 4.69) is 191 Å². The summed E-state index contributed by atoms with van der Waals surface area (Å²) in [6.07, 6.45) is 0. The van der Waals surface area contributed by atoms with E-state index in [1.54, 1.807) is 0 Å². The van der Waals surface area contributed by atoms with Crippen LogP contribution in [0.5, 0.6) is 0 Å². The fraction of sp³-hybridized carbons (Fsp3) is 0. The Labute approximate surface area is 362 Å². The molecule has 0 radical (unpaired) electrons. The monoisotopic (exact) mass is 804 g/mol.